The summed E-state index contributed by atoms with van der Waals surface area (Å²) >= 11 is 7.80. The summed E-state index contributed by atoms with van der Waals surface area (Å²) < 4.78 is 13.3. The molecule has 2 aromatic carbocycles. The van der Waals surface area contributed by atoms with E-state index in [1.54, 1.807) is 18.9 Å². The van der Waals surface area contributed by atoms with E-state index < -0.39 is 0 Å². The topological polar surface area (TPSA) is 53.1 Å². The number of para-hydroxylation sites is 1. The summed E-state index contributed by atoms with van der Waals surface area (Å²) in [7, 11) is 3.55. The van der Waals surface area contributed by atoms with Crippen LogP contribution in [0.4, 0.5) is 0 Å². The molecule has 0 amide bonds. The summed E-state index contributed by atoms with van der Waals surface area (Å²) in [5, 5.41) is 11.1. The first-order valence-corrected chi connectivity index (χ1v) is 9.36. The van der Waals surface area contributed by atoms with Crippen LogP contribution in [-0.4, -0.2) is 21.9 Å². The number of hydrogen-bond donors (Lipinski definition) is 0. The molecule has 0 saturated carbocycles. The first kappa shape index (κ1) is 17.0. The van der Waals surface area contributed by atoms with Gasteiger partial charge < -0.3 is 13.7 Å². The lowest BCUT2D eigenvalue weighted by atomic mass is 10.2. The molecule has 0 aliphatic carbocycles. The highest BCUT2D eigenvalue weighted by atomic mass is 35.5. The lowest BCUT2D eigenvalue weighted by molar-refractivity contribution is 0.410. The van der Waals surface area contributed by atoms with Gasteiger partial charge in [-0.1, -0.05) is 53.7 Å². The number of hydrogen-bond acceptors (Lipinski definition) is 5. The van der Waals surface area contributed by atoms with Crippen molar-refractivity contribution in [3.8, 4) is 17.3 Å². The molecule has 0 N–H and O–H groups in total. The fourth-order valence-corrected chi connectivity index (χ4v) is 3.92. The SMILES string of the molecule is COc1cccc2cc(-c3nnc(SCc4ccccc4Cl)n3C)oc12. The van der Waals surface area contributed by atoms with E-state index in [1.165, 1.54) is 0 Å². The number of fused-ring (bicyclic) bond motifs is 1. The monoisotopic (exact) mass is 385 g/mol. The van der Waals surface area contributed by atoms with Crippen molar-refractivity contribution in [1.29, 1.82) is 0 Å². The van der Waals surface area contributed by atoms with Crippen LogP contribution < -0.4 is 4.74 Å². The zero-order chi connectivity index (χ0) is 18.1. The molecule has 0 radical (unpaired) electrons. The quantitative estimate of drug-likeness (QED) is 0.443. The van der Waals surface area contributed by atoms with Crippen LogP contribution >= 0.6 is 23.4 Å². The second-order valence-corrected chi connectivity index (χ2v) is 7.08. The molecule has 0 aliphatic heterocycles. The number of thioether (sulfide) groups is 1. The van der Waals surface area contributed by atoms with Crippen LogP contribution in [0, 0.1) is 0 Å². The first-order valence-electron chi connectivity index (χ1n) is 8.00. The molecule has 26 heavy (non-hydrogen) atoms. The minimum Gasteiger partial charge on any atom is -0.493 e. The number of aromatic nitrogens is 3. The minimum absolute atomic E-state index is 0.657. The molecule has 0 bridgehead atoms. The van der Waals surface area contributed by atoms with Crippen LogP contribution in [0.3, 0.4) is 0 Å². The van der Waals surface area contributed by atoms with E-state index >= 15 is 0 Å². The van der Waals surface area contributed by atoms with Gasteiger partial charge in [-0.2, -0.15) is 0 Å². The molecule has 0 spiro atoms. The molecule has 0 unspecified atom stereocenters. The van der Waals surface area contributed by atoms with Gasteiger partial charge in [0.2, 0.25) is 0 Å². The number of rotatable bonds is 5. The standard InChI is InChI=1S/C19H16ClN3O2S/c1-23-18(16-10-12-7-5-9-15(24-2)17(12)25-16)21-22-19(23)26-11-13-6-3-4-8-14(13)20/h3-10H,11H2,1-2H3. The second-order valence-electron chi connectivity index (χ2n) is 5.73. The zero-order valence-corrected chi connectivity index (χ0v) is 15.8. The molecule has 0 saturated heterocycles. The number of methoxy groups -OCH3 is 1. The normalized spacial score (nSPS) is 11.2. The Hall–Kier alpha value is -2.44. The third-order valence-corrected chi connectivity index (χ3v) is 5.54. The van der Waals surface area contributed by atoms with Crippen LogP contribution in [0.5, 0.6) is 5.75 Å². The molecule has 4 rings (SSSR count). The molecule has 4 aromatic rings. The number of benzene rings is 2. The third kappa shape index (κ3) is 3.06. The average molecular weight is 386 g/mol. The largest absolute Gasteiger partial charge is 0.493 e. The molecular weight excluding hydrogens is 370 g/mol. The summed E-state index contributed by atoms with van der Waals surface area (Å²) in [6, 6.07) is 15.5. The lowest BCUT2D eigenvalue weighted by Gasteiger charge is -2.04. The van der Waals surface area contributed by atoms with Gasteiger partial charge in [0.15, 0.2) is 28.1 Å². The highest BCUT2D eigenvalue weighted by Crippen LogP contribution is 2.34. The van der Waals surface area contributed by atoms with Gasteiger partial charge in [-0.3, -0.25) is 0 Å². The Balaban J connectivity index is 1.62. The molecule has 0 aliphatic rings. The smallest absolute Gasteiger partial charge is 0.200 e. The maximum absolute atomic E-state index is 6.22. The van der Waals surface area contributed by atoms with Gasteiger partial charge in [-0.25, -0.2) is 0 Å². The molecular formula is C19H16ClN3O2S. The van der Waals surface area contributed by atoms with E-state index in [0.717, 1.165) is 26.9 Å². The van der Waals surface area contributed by atoms with Crippen LogP contribution in [0.15, 0.2) is 58.1 Å². The van der Waals surface area contributed by atoms with Crippen molar-refractivity contribution < 1.29 is 9.15 Å². The number of furan rings is 1. The summed E-state index contributed by atoms with van der Waals surface area (Å²) in [5.74, 6) is 2.75. The van der Waals surface area contributed by atoms with Gasteiger partial charge in [-0.05, 0) is 23.8 Å². The van der Waals surface area contributed by atoms with E-state index in [0.29, 0.717) is 22.9 Å². The van der Waals surface area contributed by atoms with E-state index in [1.807, 2.05) is 60.1 Å². The van der Waals surface area contributed by atoms with Crippen LogP contribution in [0.25, 0.3) is 22.6 Å². The van der Waals surface area contributed by atoms with Crippen molar-refractivity contribution in [3.05, 3.63) is 59.1 Å². The van der Waals surface area contributed by atoms with Gasteiger partial charge in [-0.15, -0.1) is 10.2 Å². The van der Waals surface area contributed by atoms with Gasteiger partial charge in [0, 0.05) is 23.2 Å². The Bertz CT molecular complexity index is 1070. The Morgan fingerprint density at radius 3 is 2.81 bits per heavy atom. The predicted octanol–water partition coefficient (Wildman–Crippen LogP) is 5.18. The summed E-state index contributed by atoms with van der Waals surface area (Å²) in [6.07, 6.45) is 0. The van der Waals surface area contributed by atoms with Crippen LogP contribution in [0.1, 0.15) is 5.56 Å². The maximum atomic E-state index is 6.22. The first-order chi connectivity index (χ1) is 12.7. The van der Waals surface area contributed by atoms with Crippen molar-refractivity contribution >= 4 is 34.3 Å². The van der Waals surface area contributed by atoms with E-state index in [-0.39, 0.29) is 0 Å². The van der Waals surface area contributed by atoms with Crippen LogP contribution in [-0.2, 0) is 12.8 Å². The second kappa shape index (κ2) is 7.05. The zero-order valence-electron chi connectivity index (χ0n) is 14.3. The maximum Gasteiger partial charge on any atom is 0.200 e. The summed E-state index contributed by atoms with van der Waals surface area (Å²) in [4.78, 5) is 0. The van der Waals surface area contributed by atoms with Gasteiger partial charge in [0.1, 0.15) is 0 Å². The molecule has 5 nitrogen and oxygen atoms in total. The number of nitrogens with zero attached hydrogens (tertiary/aromatic N) is 3. The molecule has 132 valence electrons. The summed E-state index contributed by atoms with van der Waals surface area (Å²) in [5.41, 5.74) is 1.77. The van der Waals surface area contributed by atoms with Crippen molar-refractivity contribution in [1.82, 2.24) is 14.8 Å². The van der Waals surface area contributed by atoms with Crippen molar-refractivity contribution in [3.63, 3.8) is 0 Å². The Labute approximate surface area is 159 Å². The molecule has 7 heteroatoms. The van der Waals surface area contributed by atoms with Gasteiger partial charge >= 0.3 is 0 Å². The summed E-state index contributed by atoms with van der Waals surface area (Å²) in [6.45, 7) is 0. The minimum atomic E-state index is 0.657. The number of ether oxygens (including phenoxy) is 1. The fourth-order valence-electron chi connectivity index (χ4n) is 2.72. The van der Waals surface area contributed by atoms with E-state index in [2.05, 4.69) is 10.2 Å². The molecule has 2 heterocycles. The third-order valence-electron chi connectivity index (χ3n) is 4.10. The van der Waals surface area contributed by atoms with Gasteiger partial charge in [0.25, 0.3) is 0 Å². The Morgan fingerprint density at radius 2 is 2.00 bits per heavy atom. The van der Waals surface area contributed by atoms with Crippen molar-refractivity contribution in [2.75, 3.05) is 7.11 Å². The predicted molar refractivity (Wildman–Crippen MR) is 104 cm³/mol. The highest BCUT2D eigenvalue weighted by Gasteiger charge is 2.17. The molecule has 2 aromatic heterocycles. The van der Waals surface area contributed by atoms with E-state index in [4.69, 9.17) is 20.8 Å². The lowest BCUT2D eigenvalue weighted by Crippen LogP contribution is -1.94. The Kier molecular flexibility index (Phi) is 4.61. The van der Waals surface area contributed by atoms with Gasteiger partial charge in [0.05, 0.1) is 7.11 Å². The molecule has 0 atom stereocenters. The highest BCUT2D eigenvalue weighted by molar-refractivity contribution is 7.98. The van der Waals surface area contributed by atoms with Crippen molar-refractivity contribution in [2.24, 2.45) is 7.05 Å². The number of halogens is 1. The molecule has 0 fully saturated rings. The average Bonchev–Trinajstić information content (AvgIpc) is 3.24. The Morgan fingerprint density at radius 1 is 1.15 bits per heavy atom. The van der Waals surface area contributed by atoms with Crippen molar-refractivity contribution in [2.45, 2.75) is 10.9 Å². The van der Waals surface area contributed by atoms with E-state index in [9.17, 15) is 0 Å². The fraction of sp³-hybridized carbons (Fsp3) is 0.158. The van der Waals surface area contributed by atoms with Crippen LogP contribution in [0.2, 0.25) is 5.02 Å².